The van der Waals surface area contributed by atoms with E-state index in [1.807, 2.05) is 66.9 Å². The van der Waals surface area contributed by atoms with Crippen molar-refractivity contribution in [2.45, 2.75) is 0 Å². The van der Waals surface area contributed by atoms with E-state index >= 15 is 0 Å². The van der Waals surface area contributed by atoms with Crippen LogP contribution < -0.4 is 10.6 Å². The maximum Gasteiger partial charge on any atom is 0.273 e. The van der Waals surface area contributed by atoms with Crippen LogP contribution in [0.5, 0.6) is 0 Å². The number of carbonyl (C=O) groups excluding carboxylic acids is 1. The fraction of sp³-hybridized carbons (Fsp3) is 0. The first-order valence-electron chi connectivity index (χ1n) is 7.75. The van der Waals surface area contributed by atoms with Gasteiger partial charge in [0.15, 0.2) is 5.11 Å². The summed E-state index contributed by atoms with van der Waals surface area (Å²) in [5.74, 6) is -0.239. The van der Waals surface area contributed by atoms with Gasteiger partial charge in [-0.25, -0.2) is 4.68 Å². The van der Waals surface area contributed by atoms with E-state index in [1.54, 1.807) is 10.8 Å². The average molecular weight is 346 g/mol. The van der Waals surface area contributed by atoms with E-state index in [4.69, 9.17) is 17.3 Å². The lowest BCUT2D eigenvalue weighted by Gasteiger charge is -2.00. The molecule has 0 radical (unpaired) electrons. The van der Waals surface area contributed by atoms with Crippen molar-refractivity contribution < 1.29 is 4.79 Å². The highest BCUT2D eigenvalue weighted by atomic mass is 32.1. The number of rotatable bonds is 3. The normalized spacial score (nSPS) is 15.3. The molecule has 0 aliphatic carbocycles. The van der Waals surface area contributed by atoms with Crippen molar-refractivity contribution in [3.8, 4) is 16.9 Å². The second kappa shape index (κ2) is 6.33. The molecule has 3 aromatic rings. The molecule has 5 nitrogen and oxygen atoms in total. The highest BCUT2D eigenvalue weighted by Gasteiger charge is 2.21. The van der Waals surface area contributed by atoms with Gasteiger partial charge >= 0.3 is 0 Å². The van der Waals surface area contributed by atoms with Crippen molar-refractivity contribution in [2.24, 2.45) is 0 Å². The lowest BCUT2D eigenvalue weighted by molar-refractivity contribution is -0.115. The van der Waals surface area contributed by atoms with Crippen molar-refractivity contribution in [3.63, 3.8) is 0 Å². The average Bonchev–Trinajstić information content (AvgIpc) is 3.20. The SMILES string of the molecule is O=C1NC(=S)NC1=Cc1cn(-c2ccccc2)nc1-c1ccccc1. The molecule has 0 saturated carbocycles. The number of hydrogen-bond donors (Lipinski definition) is 2. The first kappa shape index (κ1) is 15.3. The molecule has 122 valence electrons. The Balaban J connectivity index is 1.84. The summed E-state index contributed by atoms with van der Waals surface area (Å²) < 4.78 is 1.81. The second-order valence-electron chi connectivity index (χ2n) is 5.55. The van der Waals surface area contributed by atoms with Gasteiger partial charge in [-0.1, -0.05) is 48.5 Å². The molecule has 1 aromatic heterocycles. The largest absolute Gasteiger partial charge is 0.328 e. The summed E-state index contributed by atoms with van der Waals surface area (Å²) >= 11 is 4.99. The molecule has 1 aliphatic rings. The third kappa shape index (κ3) is 3.07. The molecular formula is C19H14N4OS. The van der Waals surface area contributed by atoms with Gasteiger partial charge in [0.2, 0.25) is 0 Å². The zero-order valence-corrected chi connectivity index (χ0v) is 14.0. The molecule has 1 fully saturated rings. The molecular weight excluding hydrogens is 332 g/mol. The zero-order valence-electron chi connectivity index (χ0n) is 13.1. The second-order valence-corrected chi connectivity index (χ2v) is 5.95. The van der Waals surface area contributed by atoms with Gasteiger partial charge in [0, 0.05) is 17.3 Å². The van der Waals surface area contributed by atoms with E-state index in [-0.39, 0.29) is 5.91 Å². The van der Waals surface area contributed by atoms with E-state index in [9.17, 15) is 4.79 Å². The Hall–Kier alpha value is -3.25. The van der Waals surface area contributed by atoms with Gasteiger partial charge in [-0.3, -0.25) is 10.1 Å². The van der Waals surface area contributed by atoms with Gasteiger partial charge in [-0.15, -0.1) is 0 Å². The van der Waals surface area contributed by atoms with Crippen molar-refractivity contribution in [3.05, 3.63) is 78.1 Å². The van der Waals surface area contributed by atoms with Crippen LogP contribution in [0.25, 0.3) is 23.0 Å². The van der Waals surface area contributed by atoms with Crippen LogP contribution in [0.4, 0.5) is 0 Å². The minimum absolute atomic E-state index is 0.239. The van der Waals surface area contributed by atoms with Gasteiger partial charge in [-0.2, -0.15) is 5.10 Å². The number of nitrogens with one attached hydrogen (secondary N) is 2. The summed E-state index contributed by atoms with van der Waals surface area (Å²) in [6, 6.07) is 19.7. The van der Waals surface area contributed by atoms with E-state index in [0.717, 1.165) is 22.5 Å². The number of amides is 1. The number of aromatic nitrogens is 2. The van der Waals surface area contributed by atoms with Gasteiger partial charge in [0.1, 0.15) is 11.4 Å². The molecule has 0 unspecified atom stereocenters. The molecule has 25 heavy (non-hydrogen) atoms. The molecule has 2 heterocycles. The Morgan fingerprint density at radius 1 is 0.960 bits per heavy atom. The quantitative estimate of drug-likeness (QED) is 0.566. The first-order valence-corrected chi connectivity index (χ1v) is 8.16. The van der Waals surface area contributed by atoms with E-state index < -0.39 is 0 Å². The predicted molar refractivity (Wildman–Crippen MR) is 101 cm³/mol. The Labute approximate surface area is 150 Å². The van der Waals surface area contributed by atoms with Crippen LogP contribution in [0.3, 0.4) is 0 Å². The predicted octanol–water partition coefficient (Wildman–Crippen LogP) is 2.88. The Bertz CT molecular complexity index is 977. The summed E-state index contributed by atoms with van der Waals surface area (Å²) in [6.07, 6.45) is 3.67. The fourth-order valence-corrected chi connectivity index (χ4v) is 2.87. The molecule has 2 aromatic carbocycles. The Morgan fingerprint density at radius 2 is 1.64 bits per heavy atom. The molecule has 4 rings (SSSR count). The maximum absolute atomic E-state index is 12.0. The number of thiocarbonyl (C=S) groups is 1. The number of benzene rings is 2. The van der Waals surface area contributed by atoms with Crippen molar-refractivity contribution in [1.82, 2.24) is 20.4 Å². The number of hydrogen-bond acceptors (Lipinski definition) is 3. The van der Waals surface area contributed by atoms with Crippen molar-refractivity contribution in [1.29, 1.82) is 0 Å². The van der Waals surface area contributed by atoms with Crippen LogP contribution in [0, 0.1) is 0 Å². The van der Waals surface area contributed by atoms with Crippen LogP contribution in [-0.2, 0) is 4.79 Å². The van der Waals surface area contributed by atoms with Crippen LogP contribution >= 0.6 is 12.2 Å². The van der Waals surface area contributed by atoms with Gasteiger partial charge in [0.05, 0.1) is 5.69 Å². The minimum atomic E-state index is -0.239. The smallest absolute Gasteiger partial charge is 0.273 e. The lowest BCUT2D eigenvalue weighted by Crippen LogP contribution is -2.21. The number of nitrogens with zero attached hydrogens (tertiary/aromatic N) is 2. The van der Waals surface area contributed by atoms with Gasteiger partial charge < -0.3 is 5.32 Å². The van der Waals surface area contributed by atoms with Crippen LogP contribution in [0.15, 0.2) is 72.6 Å². The summed E-state index contributed by atoms with van der Waals surface area (Å²) in [4.78, 5) is 12.0. The summed E-state index contributed by atoms with van der Waals surface area (Å²) in [7, 11) is 0. The molecule has 2 N–H and O–H groups in total. The zero-order chi connectivity index (χ0) is 17.2. The highest BCUT2D eigenvalue weighted by molar-refractivity contribution is 7.80. The molecule has 0 atom stereocenters. The lowest BCUT2D eigenvalue weighted by atomic mass is 10.1. The van der Waals surface area contributed by atoms with E-state index in [2.05, 4.69) is 10.6 Å². The molecule has 0 bridgehead atoms. The first-order chi connectivity index (χ1) is 12.2. The number of para-hydroxylation sites is 1. The van der Waals surface area contributed by atoms with Gasteiger partial charge in [-0.05, 0) is 30.4 Å². The molecule has 0 spiro atoms. The molecule has 1 saturated heterocycles. The number of carbonyl (C=O) groups is 1. The summed E-state index contributed by atoms with van der Waals surface area (Å²) in [5.41, 5.74) is 3.96. The molecule has 1 amide bonds. The Kier molecular flexibility index (Phi) is 3.87. The third-order valence-electron chi connectivity index (χ3n) is 3.83. The monoisotopic (exact) mass is 346 g/mol. The topological polar surface area (TPSA) is 59.0 Å². The van der Waals surface area contributed by atoms with Crippen LogP contribution in [0.2, 0.25) is 0 Å². The van der Waals surface area contributed by atoms with Crippen molar-refractivity contribution in [2.75, 3.05) is 0 Å². The molecule has 6 heteroatoms. The van der Waals surface area contributed by atoms with Crippen LogP contribution in [0.1, 0.15) is 5.56 Å². The summed E-state index contributed by atoms with van der Waals surface area (Å²) in [5, 5.41) is 10.5. The standard InChI is InChI=1S/C19H14N4OS/c24-18-16(20-19(25)21-18)11-14-12-23(15-9-5-2-6-10-15)22-17(14)13-7-3-1-4-8-13/h1-12H,(H2,20,21,24,25). The van der Waals surface area contributed by atoms with E-state index in [0.29, 0.717) is 10.8 Å². The third-order valence-corrected chi connectivity index (χ3v) is 4.03. The summed E-state index contributed by atoms with van der Waals surface area (Å²) in [6.45, 7) is 0. The maximum atomic E-state index is 12.0. The molecule has 1 aliphatic heterocycles. The van der Waals surface area contributed by atoms with Crippen LogP contribution in [-0.4, -0.2) is 20.8 Å². The van der Waals surface area contributed by atoms with Gasteiger partial charge in [0.25, 0.3) is 5.91 Å². The fourth-order valence-electron chi connectivity index (χ4n) is 2.66. The highest BCUT2D eigenvalue weighted by Crippen LogP contribution is 2.25. The Morgan fingerprint density at radius 3 is 2.28 bits per heavy atom. The minimum Gasteiger partial charge on any atom is -0.328 e. The van der Waals surface area contributed by atoms with Crippen molar-refractivity contribution >= 4 is 29.3 Å². The van der Waals surface area contributed by atoms with E-state index in [1.165, 1.54) is 0 Å².